The maximum atomic E-state index is 12.3. The first-order valence-corrected chi connectivity index (χ1v) is 7.01. The van der Waals surface area contributed by atoms with Crippen LogP contribution in [0.3, 0.4) is 0 Å². The molecule has 1 aromatic carbocycles. The highest BCUT2D eigenvalue weighted by molar-refractivity contribution is 5.97. The van der Waals surface area contributed by atoms with Crippen LogP contribution in [0, 0.1) is 0 Å². The number of benzene rings is 1. The number of ether oxygens (including phenoxy) is 1. The first-order valence-electron chi connectivity index (χ1n) is 7.01. The van der Waals surface area contributed by atoms with E-state index >= 15 is 0 Å². The van der Waals surface area contributed by atoms with Crippen molar-refractivity contribution in [3.8, 4) is 11.4 Å². The van der Waals surface area contributed by atoms with Crippen molar-refractivity contribution in [1.82, 2.24) is 25.5 Å². The fourth-order valence-electron chi connectivity index (χ4n) is 2.07. The second-order valence-electron chi connectivity index (χ2n) is 4.79. The molecule has 0 saturated heterocycles. The highest BCUT2D eigenvalue weighted by Crippen LogP contribution is 2.23. The Labute approximate surface area is 132 Å². The SMILES string of the molecule is CCCC(NC(=O)c1ccc(OC)c(-n2cnnn2)c1)C(=O)O. The molecule has 0 radical (unpaired) electrons. The average Bonchev–Trinajstić information content (AvgIpc) is 3.07. The summed E-state index contributed by atoms with van der Waals surface area (Å²) in [5.74, 6) is -1.06. The number of rotatable bonds is 7. The van der Waals surface area contributed by atoms with Gasteiger partial charge in [0.05, 0.1) is 7.11 Å². The topological polar surface area (TPSA) is 119 Å². The first-order chi connectivity index (χ1) is 11.1. The third-order valence-corrected chi connectivity index (χ3v) is 3.22. The van der Waals surface area contributed by atoms with Crippen molar-refractivity contribution in [3.05, 3.63) is 30.1 Å². The third-order valence-electron chi connectivity index (χ3n) is 3.22. The number of methoxy groups -OCH3 is 1. The van der Waals surface area contributed by atoms with Gasteiger partial charge >= 0.3 is 5.97 Å². The maximum absolute atomic E-state index is 12.3. The normalized spacial score (nSPS) is 11.7. The van der Waals surface area contributed by atoms with Crippen LogP contribution in [0.2, 0.25) is 0 Å². The zero-order valence-electron chi connectivity index (χ0n) is 12.8. The Bertz CT molecular complexity index is 686. The molecule has 0 saturated carbocycles. The van der Waals surface area contributed by atoms with Crippen molar-refractivity contribution in [2.75, 3.05) is 7.11 Å². The number of carboxylic acids is 1. The molecule has 0 aliphatic rings. The van der Waals surface area contributed by atoms with Crippen molar-refractivity contribution in [1.29, 1.82) is 0 Å². The number of carbonyl (C=O) groups excluding carboxylic acids is 1. The van der Waals surface area contributed by atoms with Crippen LogP contribution < -0.4 is 10.1 Å². The van der Waals surface area contributed by atoms with Gasteiger partial charge in [0.1, 0.15) is 23.8 Å². The molecule has 2 aromatic rings. The van der Waals surface area contributed by atoms with Gasteiger partial charge < -0.3 is 15.2 Å². The van der Waals surface area contributed by atoms with Crippen LogP contribution in [0.25, 0.3) is 5.69 Å². The minimum Gasteiger partial charge on any atom is -0.494 e. The number of hydrogen-bond acceptors (Lipinski definition) is 6. The van der Waals surface area contributed by atoms with Gasteiger partial charge in [0, 0.05) is 5.56 Å². The Morgan fingerprint density at radius 2 is 2.22 bits per heavy atom. The smallest absolute Gasteiger partial charge is 0.326 e. The Morgan fingerprint density at radius 1 is 1.43 bits per heavy atom. The zero-order chi connectivity index (χ0) is 16.8. The van der Waals surface area contributed by atoms with E-state index in [9.17, 15) is 9.59 Å². The molecule has 0 fully saturated rings. The predicted octanol–water partition coefficient (Wildman–Crippen LogP) is 0.654. The van der Waals surface area contributed by atoms with E-state index in [0.717, 1.165) is 0 Å². The molecule has 0 aliphatic carbocycles. The number of aliphatic carboxylic acids is 1. The third kappa shape index (κ3) is 3.82. The lowest BCUT2D eigenvalue weighted by Crippen LogP contribution is -2.40. The van der Waals surface area contributed by atoms with E-state index in [1.54, 1.807) is 12.1 Å². The molecule has 2 N–H and O–H groups in total. The molecule has 0 spiro atoms. The number of nitrogens with one attached hydrogen (secondary N) is 1. The van der Waals surface area contributed by atoms with E-state index in [2.05, 4.69) is 20.8 Å². The molecule has 0 bridgehead atoms. The molecular weight excluding hydrogens is 302 g/mol. The van der Waals surface area contributed by atoms with E-state index in [0.29, 0.717) is 29.8 Å². The Kier molecular flexibility index (Phi) is 5.23. The van der Waals surface area contributed by atoms with Gasteiger partial charge in [-0.3, -0.25) is 4.79 Å². The van der Waals surface area contributed by atoms with Gasteiger partial charge in [-0.2, -0.15) is 4.68 Å². The first kappa shape index (κ1) is 16.4. The van der Waals surface area contributed by atoms with Crippen LogP contribution in [0.1, 0.15) is 30.1 Å². The summed E-state index contributed by atoms with van der Waals surface area (Å²) in [6.07, 6.45) is 2.38. The summed E-state index contributed by atoms with van der Waals surface area (Å²) in [5, 5.41) is 22.5. The van der Waals surface area contributed by atoms with Gasteiger partial charge in [-0.05, 0) is 35.0 Å². The van der Waals surface area contributed by atoms with E-state index < -0.39 is 17.9 Å². The molecule has 2 rings (SSSR count). The van der Waals surface area contributed by atoms with Crippen LogP contribution >= 0.6 is 0 Å². The Morgan fingerprint density at radius 3 is 2.78 bits per heavy atom. The fourth-order valence-corrected chi connectivity index (χ4v) is 2.07. The maximum Gasteiger partial charge on any atom is 0.326 e. The summed E-state index contributed by atoms with van der Waals surface area (Å²) in [5.41, 5.74) is 0.770. The highest BCUT2D eigenvalue weighted by atomic mass is 16.5. The number of nitrogens with zero attached hydrogens (tertiary/aromatic N) is 4. The number of carbonyl (C=O) groups is 2. The van der Waals surface area contributed by atoms with Crippen molar-refractivity contribution in [3.63, 3.8) is 0 Å². The van der Waals surface area contributed by atoms with E-state index in [1.165, 1.54) is 24.2 Å². The lowest BCUT2D eigenvalue weighted by atomic mass is 10.1. The van der Waals surface area contributed by atoms with Gasteiger partial charge in [-0.1, -0.05) is 13.3 Å². The summed E-state index contributed by atoms with van der Waals surface area (Å²) in [6, 6.07) is 3.76. The minimum atomic E-state index is -1.06. The van der Waals surface area contributed by atoms with Gasteiger partial charge in [-0.15, -0.1) is 5.10 Å². The molecule has 1 amide bonds. The van der Waals surface area contributed by atoms with Crippen molar-refractivity contribution in [2.45, 2.75) is 25.8 Å². The largest absolute Gasteiger partial charge is 0.494 e. The number of aromatic nitrogens is 4. The molecule has 1 heterocycles. The van der Waals surface area contributed by atoms with Crippen molar-refractivity contribution >= 4 is 11.9 Å². The molecule has 1 atom stereocenters. The van der Waals surface area contributed by atoms with Crippen LogP contribution in [0.15, 0.2) is 24.5 Å². The van der Waals surface area contributed by atoms with Gasteiger partial charge in [0.25, 0.3) is 5.91 Å². The van der Waals surface area contributed by atoms with Crippen LogP contribution in [-0.4, -0.2) is 50.3 Å². The summed E-state index contributed by atoms with van der Waals surface area (Å²) in [4.78, 5) is 23.4. The summed E-state index contributed by atoms with van der Waals surface area (Å²) in [7, 11) is 1.49. The Balaban J connectivity index is 2.27. The van der Waals surface area contributed by atoms with E-state index in [1.807, 2.05) is 6.92 Å². The second kappa shape index (κ2) is 7.34. The van der Waals surface area contributed by atoms with Gasteiger partial charge in [0.2, 0.25) is 0 Å². The van der Waals surface area contributed by atoms with Gasteiger partial charge in [-0.25, -0.2) is 4.79 Å². The van der Waals surface area contributed by atoms with Gasteiger partial charge in [0.15, 0.2) is 0 Å². The Hall–Kier alpha value is -2.97. The second-order valence-corrected chi connectivity index (χ2v) is 4.79. The van der Waals surface area contributed by atoms with Crippen LogP contribution in [0.4, 0.5) is 0 Å². The molecule has 1 aromatic heterocycles. The number of tetrazole rings is 1. The molecule has 9 nitrogen and oxygen atoms in total. The lowest BCUT2D eigenvalue weighted by molar-refractivity contribution is -0.139. The van der Waals surface area contributed by atoms with E-state index in [4.69, 9.17) is 9.84 Å². The number of hydrogen-bond donors (Lipinski definition) is 2. The molecule has 1 unspecified atom stereocenters. The van der Waals surface area contributed by atoms with Crippen molar-refractivity contribution in [2.24, 2.45) is 0 Å². The number of carboxylic acid groups (broad SMARTS) is 1. The highest BCUT2D eigenvalue weighted by Gasteiger charge is 2.20. The van der Waals surface area contributed by atoms with E-state index in [-0.39, 0.29) is 0 Å². The molecular formula is C14H17N5O4. The average molecular weight is 319 g/mol. The summed E-state index contributed by atoms with van der Waals surface area (Å²) < 4.78 is 6.58. The number of amides is 1. The predicted molar refractivity (Wildman–Crippen MR) is 79.5 cm³/mol. The van der Waals surface area contributed by atoms with Crippen LogP contribution in [-0.2, 0) is 4.79 Å². The summed E-state index contributed by atoms with van der Waals surface area (Å²) >= 11 is 0. The fraction of sp³-hybridized carbons (Fsp3) is 0.357. The van der Waals surface area contributed by atoms with Crippen LogP contribution in [0.5, 0.6) is 5.75 Å². The molecule has 9 heteroatoms. The quantitative estimate of drug-likeness (QED) is 0.769. The lowest BCUT2D eigenvalue weighted by Gasteiger charge is -2.14. The molecule has 23 heavy (non-hydrogen) atoms. The zero-order valence-corrected chi connectivity index (χ0v) is 12.8. The molecule has 122 valence electrons. The molecule has 0 aliphatic heterocycles. The standard InChI is InChI=1S/C14H17N5O4/c1-3-4-10(14(21)22)16-13(20)9-5-6-12(23-2)11(7-9)19-8-15-17-18-19/h5-8,10H,3-4H2,1-2H3,(H,16,20)(H,21,22). The monoisotopic (exact) mass is 319 g/mol. The summed E-state index contributed by atoms with van der Waals surface area (Å²) in [6.45, 7) is 1.85. The van der Waals surface area contributed by atoms with Crippen molar-refractivity contribution < 1.29 is 19.4 Å². The minimum absolute atomic E-state index is 0.290.